The zero-order chi connectivity index (χ0) is 16.1. The summed E-state index contributed by atoms with van der Waals surface area (Å²) in [5, 5.41) is 4.03. The summed E-state index contributed by atoms with van der Waals surface area (Å²) >= 11 is 0. The summed E-state index contributed by atoms with van der Waals surface area (Å²) in [7, 11) is 3.99. The molecule has 0 bridgehead atoms. The smallest absolute Gasteiger partial charge is 0.263 e. The Hall–Kier alpha value is -2.73. The van der Waals surface area contributed by atoms with Crippen LogP contribution in [0.4, 0.5) is 0 Å². The van der Waals surface area contributed by atoms with Gasteiger partial charge in [-0.1, -0.05) is 35.5 Å². The van der Waals surface area contributed by atoms with Crippen molar-refractivity contribution in [3.05, 3.63) is 48.7 Å². The first-order valence-electron chi connectivity index (χ1n) is 7.36. The van der Waals surface area contributed by atoms with Crippen LogP contribution >= 0.6 is 0 Å². The maximum atomic E-state index is 5.74. The van der Waals surface area contributed by atoms with Gasteiger partial charge in [-0.25, -0.2) is 4.98 Å². The lowest BCUT2D eigenvalue weighted by atomic mass is 10.2. The highest BCUT2D eigenvalue weighted by Crippen LogP contribution is 2.28. The molecule has 0 N–H and O–H groups in total. The van der Waals surface area contributed by atoms with Crippen molar-refractivity contribution in [1.29, 1.82) is 0 Å². The third kappa shape index (κ3) is 3.73. The molecule has 0 aliphatic heterocycles. The number of hydrogen-bond donors (Lipinski definition) is 0. The van der Waals surface area contributed by atoms with Crippen LogP contribution in [0.1, 0.15) is 0 Å². The molecule has 1 aromatic carbocycles. The normalized spacial score (nSPS) is 10.9. The van der Waals surface area contributed by atoms with E-state index in [0.717, 1.165) is 12.1 Å². The van der Waals surface area contributed by atoms with E-state index >= 15 is 0 Å². The van der Waals surface area contributed by atoms with Crippen molar-refractivity contribution in [2.75, 3.05) is 27.2 Å². The maximum absolute atomic E-state index is 5.74. The Morgan fingerprint density at radius 2 is 1.91 bits per heavy atom. The Labute approximate surface area is 134 Å². The standard InChI is InChI=1S/C17H18N4O2/c1-21(2)11-12-22-16-14(9-6-10-18-16)17-19-15(20-23-17)13-7-4-3-5-8-13/h3-10H,11-12H2,1-2H3. The van der Waals surface area contributed by atoms with Crippen molar-refractivity contribution in [3.8, 4) is 28.7 Å². The van der Waals surface area contributed by atoms with Gasteiger partial charge in [0, 0.05) is 18.3 Å². The molecular weight excluding hydrogens is 292 g/mol. The molecule has 2 aromatic heterocycles. The van der Waals surface area contributed by atoms with Crippen LogP contribution in [-0.4, -0.2) is 47.3 Å². The molecule has 0 saturated heterocycles. The van der Waals surface area contributed by atoms with E-state index < -0.39 is 0 Å². The Kier molecular flexibility index (Phi) is 4.63. The van der Waals surface area contributed by atoms with Gasteiger partial charge in [0.05, 0.1) is 0 Å². The maximum Gasteiger partial charge on any atom is 0.263 e. The molecule has 6 nitrogen and oxygen atoms in total. The average Bonchev–Trinajstić information content (AvgIpc) is 3.06. The van der Waals surface area contributed by atoms with Gasteiger partial charge in [-0.2, -0.15) is 4.98 Å². The number of ether oxygens (including phenoxy) is 1. The second-order valence-electron chi connectivity index (χ2n) is 5.30. The van der Waals surface area contributed by atoms with E-state index in [1.807, 2.05) is 61.5 Å². The summed E-state index contributed by atoms with van der Waals surface area (Å²) in [6.07, 6.45) is 1.68. The van der Waals surface area contributed by atoms with Crippen LogP contribution in [0.2, 0.25) is 0 Å². The lowest BCUT2D eigenvalue weighted by molar-refractivity contribution is 0.254. The van der Waals surface area contributed by atoms with E-state index in [0.29, 0.717) is 29.8 Å². The van der Waals surface area contributed by atoms with E-state index in [4.69, 9.17) is 9.26 Å². The van der Waals surface area contributed by atoms with Gasteiger partial charge in [-0.05, 0) is 26.2 Å². The van der Waals surface area contributed by atoms with Crippen LogP contribution in [-0.2, 0) is 0 Å². The molecule has 0 aliphatic carbocycles. The molecule has 0 aliphatic rings. The van der Waals surface area contributed by atoms with Crippen LogP contribution in [0.15, 0.2) is 53.2 Å². The van der Waals surface area contributed by atoms with E-state index in [2.05, 4.69) is 15.1 Å². The average molecular weight is 310 g/mol. The fraction of sp³-hybridized carbons (Fsp3) is 0.235. The minimum atomic E-state index is 0.400. The molecule has 0 unspecified atom stereocenters. The summed E-state index contributed by atoms with van der Waals surface area (Å²) < 4.78 is 11.1. The Balaban J connectivity index is 1.83. The van der Waals surface area contributed by atoms with Crippen LogP contribution in [0, 0.1) is 0 Å². The molecule has 118 valence electrons. The minimum absolute atomic E-state index is 0.400. The second kappa shape index (κ2) is 7.02. The molecule has 0 radical (unpaired) electrons. The third-order valence-electron chi connectivity index (χ3n) is 3.24. The van der Waals surface area contributed by atoms with Crippen molar-refractivity contribution in [3.63, 3.8) is 0 Å². The van der Waals surface area contributed by atoms with Crippen molar-refractivity contribution in [2.24, 2.45) is 0 Å². The van der Waals surface area contributed by atoms with Crippen LogP contribution in [0.3, 0.4) is 0 Å². The van der Waals surface area contributed by atoms with Crippen molar-refractivity contribution >= 4 is 0 Å². The fourth-order valence-corrected chi connectivity index (χ4v) is 2.03. The number of pyridine rings is 1. The SMILES string of the molecule is CN(C)CCOc1ncccc1-c1nc(-c2ccccc2)no1. The first-order valence-corrected chi connectivity index (χ1v) is 7.36. The van der Waals surface area contributed by atoms with Gasteiger partial charge in [0.25, 0.3) is 5.89 Å². The molecule has 6 heteroatoms. The van der Waals surface area contributed by atoms with Gasteiger partial charge in [0.15, 0.2) is 0 Å². The van der Waals surface area contributed by atoms with Crippen LogP contribution < -0.4 is 4.74 Å². The molecule has 0 atom stereocenters. The van der Waals surface area contributed by atoms with Crippen molar-refractivity contribution in [1.82, 2.24) is 20.0 Å². The number of nitrogens with zero attached hydrogens (tertiary/aromatic N) is 4. The van der Waals surface area contributed by atoms with E-state index in [1.54, 1.807) is 6.20 Å². The zero-order valence-corrected chi connectivity index (χ0v) is 13.1. The van der Waals surface area contributed by atoms with Crippen LogP contribution in [0.5, 0.6) is 5.88 Å². The van der Waals surface area contributed by atoms with Gasteiger partial charge < -0.3 is 14.2 Å². The lowest BCUT2D eigenvalue weighted by Crippen LogP contribution is -2.19. The third-order valence-corrected chi connectivity index (χ3v) is 3.24. The second-order valence-corrected chi connectivity index (χ2v) is 5.30. The fourth-order valence-electron chi connectivity index (χ4n) is 2.03. The summed E-state index contributed by atoms with van der Waals surface area (Å²) in [6, 6.07) is 13.4. The molecule has 0 saturated carbocycles. The first-order chi connectivity index (χ1) is 11.2. The number of likely N-dealkylation sites (N-methyl/N-ethyl adjacent to an activating group) is 1. The minimum Gasteiger partial charge on any atom is -0.476 e. The molecule has 2 heterocycles. The number of benzene rings is 1. The molecule has 0 spiro atoms. The summed E-state index contributed by atoms with van der Waals surface area (Å²) in [6.45, 7) is 1.34. The number of rotatable bonds is 6. The molecular formula is C17H18N4O2. The Morgan fingerprint density at radius 3 is 2.70 bits per heavy atom. The van der Waals surface area contributed by atoms with Crippen molar-refractivity contribution < 1.29 is 9.26 Å². The highest BCUT2D eigenvalue weighted by atomic mass is 16.5. The largest absolute Gasteiger partial charge is 0.476 e. The van der Waals surface area contributed by atoms with Gasteiger partial charge in [-0.3, -0.25) is 0 Å². The van der Waals surface area contributed by atoms with E-state index in [-0.39, 0.29) is 0 Å². The Bertz CT molecular complexity index is 756. The highest BCUT2D eigenvalue weighted by Gasteiger charge is 2.15. The van der Waals surface area contributed by atoms with Gasteiger partial charge in [0.2, 0.25) is 11.7 Å². The summed E-state index contributed by atoms with van der Waals surface area (Å²) in [4.78, 5) is 10.8. The summed E-state index contributed by atoms with van der Waals surface area (Å²) in [5.74, 6) is 1.44. The lowest BCUT2D eigenvalue weighted by Gasteiger charge is -2.11. The predicted molar refractivity (Wildman–Crippen MR) is 87.0 cm³/mol. The zero-order valence-electron chi connectivity index (χ0n) is 13.1. The predicted octanol–water partition coefficient (Wildman–Crippen LogP) is 2.74. The number of hydrogen-bond acceptors (Lipinski definition) is 6. The topological polar surface area (TPSA) is 64.3 Å². The Morgan fingerprint density at radius 1 is 1.09 bits per heavy atom. The molecule has 3 aromatic rings. The highest BCUT2D eigenvalue weighted by molar-refractivity contribution is 5.63. The molecule has 0 fully saturated rings. The van der Waals surface area contributed by atoms with E-state index in [9.17, 15) is 0 Å². The van der Waals surface area contributed by atoms with Gasteiger partial charge in [0.1, 0.15) is 12.2 Å². The molecule has 3 rings (SSSR count). The molecule has 23 heavy (non-hydrogen) atoms. The first kappa shape index (κ1) is 15.2. The number of aromatic nitrogens is 3. The monoisotopic (exact) mass is 310 g/mol. The molecule has 0 amide bonds. The van der Waals surface area contributed by atoms with Gasteiger partial charge >= 0.3 is 0 Å². The van der Waals surface area contributed by atoms with Crippen molar-refractivity contribution in [2.45, 2.75) is 0 Å². The summed E-state index contributed by atoms with van der Waals surface area (Å²) in [5.41, 5.74) is 1.60. The van der Waals surface area contributed by atoms with E-state index in [1.165, 1.54) is 0 Å². The quantitative estimate of drug-likeness (QED) is 0.697. The van der Waals surface area contributed by atoms with Crippen LogP contribution in [0.25, 0.3) is 22.8 Å². The van der Waals surface area contributed by atoms with Gasteiger partial charge in [-0.15, -0.1) is 0 Å².